The van der Waals surface area contributed by atoms with Gasteiger partial charge in [-0.25, -0.2) is 13.2 Å². The number of hydrogen-bond donors (Lipinski definition) is 2. The van der Waals surface area contributed by atoms with Gasteiger partial charge in [-0.1, -0.05) is 0 Å². The van der Waals surface area contributed by atoms with Gasteiger partial charge < -0.3 is 10.4 Å². The third kappa shape index (κ3) is 5.92. The fraction of sp³-hybridized carbons (Fsp3) is 0.778. The van der Waals surface area contributed by atoms with Crippen LogP contribution in [0.5, 0.6) is 0 Å². The molecule has 0 heterocycles. The number of amides is 1. The van der Waals surface area contributed by atoms with Crippen molar-refractivity contribution < 1.29 is 23.1 Å². The maximum atomic E-state index is 11.5. The minimum Gasteiger partial charge on any atom is -0.480 e. The first-order valence-electron chi connectivity index (χ1n) is 4.91. The van der Waals surface area contributed by atoms with Gasteiger partial charge in [-0.3, -0.25) is 4.79 Å². The number of sulfone groups is 1. The molecule has 0 bridgehead atoms. The standard InChI is InChI=1S/C9H17NO5S2/c1-6(17(3,14)15)8(11)10-7(9(12)13)4-5-16-2/h6-7H,4-5H2,1-3H3,(H,10,11)(H,12,13)/t6?,7-/m0/s1. The van der Waals surface area contributed by atoms with Crippen LogP contribution in [0.1, 0.15) is 13.3 Å². The van der Waals surface area contributed by atoms with Crippen molar-refractivity contribution in [2.75, 3.05) is 18.3 Å². The second-order valence-electron chi connectivity index (χ2n) is 3.65. The van der Waals surface area contributed by atoms with E-state index in [0.717, 1.165) is 6.26 Å². The monoisotopic (exact) mass is 283 g/mol. The summed E-state index contributed by atoms with van der Waals surface area (Å²) in [4.78, 5) is 22.3. The molecule has 0 saturated carbocycles. The number of hydrogen-bond acceptors (Lipinski definition) is 5. The van der Waals surface area contributed by atoms with E-state index in [1.54, 1.807) is 0 Å². The van der Waals surface area contributed by atoms with Gasteiger partial charge in [0.2, 0.25) is 5.91 Å². The van der Waals surface area contributed by atoms with E-state index in [4.69, 9.17) is 5.11 Å². The molecule has 0 aromatic carbocycles. The highest BCUT2D eigenvalue weighted by Crippen LogP contribution is 2.04. The van der Waals surface area contributed by atoms with Gasteiger partial charge in [-0.2, -0.15) is 11.8 Å². The predicted molar refractivity (Wildman–Crippen MR) is 66.9 cm³/mol. The van der Waals surface area contributed by atoms with Crippen LogP contribution in [0.2, 0.25) is 0 Å². The zero-order chi connectivity index (χ0) is 13.6. The second kappa shape index (κ2) is 6.85. The summed E-state index contributed by atoms with van der Waals surface area (Å²) in [5, 5.41) is 9.85. The van der Waals surface area contributed by atoms with Gasteiger partial charge in [0, 0.05) is 6.26 Å². The minimum absolute atomic E-state index is 0.263. The van der Waals surface area contributed by atoms with E-state index in [9.17, 15) is 18.0 Å². The fourth-order valence-corrected chi connectivity index (χ4v) is 1.90. The molecule has 6 nitrogen and oxygen atoms in total. The maximum absolute atomic E-state index is 11.5. The van der Waals surface area contributed by atoms with Crippen LogP contribution in [0.25, 0.3) is 0 Å². The number of rotatable bonds is 7. The highest BCUT2D eigenvalue weighted by Gasteiger charge is 2.27. The third-order valence-electron chi connectivity index (χ3n) is 2.24. The smallest absolute Gasteiger partial charge is 0.326 e. The molecule has 0 aliphatic heterocycles. The van der Waals surface area contributed by atoms with Crippen LogP contribution in [-0.2, 0) is 19.4 Å². The Kier molecular flexibility index (Phi) is 6.54. The zero-order valence-electron chi connectivity index (χ0n) is 9.97. The molecule has 0 aliphatic rings. The van der Waals surface area contributed by atoms with Crippen LogP contribution >= 0.6 is 11.8 Å². The van der Waals surface area contributed by atoms with Gasteiger partial charge in [0.25, 0.3) is 0 Å². The van der Waals surface area contributed by atoms with E-state index >= 15 is 0 Å². The zero-order valence-corrected chi connectivity index (χ0v) is 11.6. The summed E-state index contributed by atoms with van der Waals surface area (Å²) in [5.74, 6) is -1.36. The quantitative estimate of drug-likeness (QED) is 0.668. The van der Waals surface area contributed by atoms with Gasteiger partial charge in [0.1, 0.15) is 11.3 Å². The number of thioether (sulfide) groups is 1. The Balaban J connectivity index is 4.56. The van der Waals surface area contributed by atoms with Crippen LogP contribution in [0.15, 0.2) is 0 Å². The summed E-state index contributed by atoms with van der Waals surface area (Å²) < 4.78 is 22.3. The van der Waals surface area contributed by atoms with Crippen molar-refractivity contribution in [3.63, 3.8) is 0 Å². The number of carboxylic acids is 1. The van der Waals surface area contributed by atoms with E-state index in [0.29, 0.717) is 5.75 Å². The van der Waals surface area contributed by atoms with E-state index in [2.05, 4.69) is 5.32 Å². The van der Waals surface area contributed by atoms with Crippen molar-refractivity contribution in [2.45, 2.75) is 24.6 Å². The molecule has 1 amide bonds. The Morgan fingerprint density at radius 2 is 1.94 bits per heavy atom. The Morgan fingerprint density at radius 3 is 2.29 bits per heavy atom. The number of carbonyl (C=O) groups excluding carboxylic acids is 1. The van der Waals surface area contributed by atoms with Crippen LogP contribution in [0, 0.1) is 0 Å². The molecule has 0 aromatic heterocycles. The lowest BCUT2D eigenvalue weighted by Crippen LogP contribution is -2.46. The molecule has 2 atom stereocenters. The second-order valence-corrected chi connectivity index (χ2v) is 7.00. The highest BCUT2D eigenvalue weighted by molar-refractivity contribution is 7.98. The summed E-state index contributed by atoms with van der Waals surface area (Å²) in [6.07, 6.45) is 3.02. The van der Waals surface area contributed by atoms with Crippen LogP contribution < -0.4 is 5.32 Å². The van der Waals surface area contributed by atoms with Crippen LogP contribution in [0.4, 0.5) is 0 Å². The number of aliphatic carboxylic acids is 1. The summed E-state index contributed by atoms with van der Waals surface area (Å²) in [5.41, 5.74) is 0. The lowest BCUT2D eigenvalue weighted by molar-refractivity contribution is -0.141. The van der Waals surface area contributed by atoms with E-state index in [1.807, 2.05) is 6.26 Å². The van der Waals surface area contributed by atoms with Gasteiger partial charge in [-0.15, -0.1) is 0 Å². The number of carboxylic acid groups (broad SMARTS) is 1. The van der Waals surface area contributed by atoms with Crippen molar-refractivity contribution in [3.8, 4) is 0 Å². The normalized spacial score (nSPS) is 15.0. The first kappa shape index (κ1) is 16.2. The molecule has 0 aliphatic carbocycles. The van der Waals surface area contributed by atoms with Crippen LogP contribution in [0.3, 0.4) is 0 Å². The Bertz CT molecular complexity index is 379. The molecule has 0 fully saturated rings. The molecule has 2 N–H and O–H groups in total. The number of nitrogens with one attached hydrogen (secondary N) is 1. The lowest BCUT2D eigenvalue weighted by atomic mass is 10.2. The third-order valence-corrected chi connectivity index (χ3v) is 4.38. The molecular weight excluding hydrogens is 266 g/mol. The summed E-state index contributed by atoms with van der Waals surface area (Å²) in [7, 11) is -3.50. The molecule has 0 rings (SSSR count). The molecule has 0 spiro atoms. The average molecular weight is 283 g/mol. The van der Waals surface area contributed by atoms with E-state index in [-0.39, 0.29) is 6.42 Å². The van der Waals surface area contributed by atoms with Crippen molar-refractivity contribution in [3.05, 3.63) is 0 Å². The number of carbonyl (C=O) groups is 2. The van der Waals surface area contributed by atoms with E-state index in [1.165, 1.54) is 18.7 Å². The first-order chi connectivity index (χ1) is 7.70. The van der Waals surface area contributed by atoms with Crippen molar-refractivity contribution in [1.82, 2.24) is 5.32 Å². The Morgan fingerprint density at radius 1 is 1.41 bits per heavy atom. The Labute approximate surface area is 105 Å². The molecule has 0 radical (unpaired) electrons. The Hall–Kier alpha value is -0.760. The molecule has 100 valence electrons. The summed E-state index contributed by atoms with van der Waals surface area (Å²) in [6, 6.07) is -1.04. The fourth-order valence-electron chi connectivity index (χ4n) is 0.977. The van der Waals surface area contributed by atoms with Gasteiger partial charge in [0.15, 0.2) is 9.84 Å². The van der Waals surface area contributed by atoms with Crippen molar-refractivity contribution >= 4 is 33.5 Å². The topological polar surface area (TPSA) is 101 Å². The first-order valence-corrected chi connectivity index (χ1v) is 8.26. The predicted octanol–water partition coefficient (Wildman–Crippen LogP) is -0.258. The average Bonchev–Trinajstić information content (AvgIpc) is 2.20. The van der Waals surface area contributed by atoms with Gasteiger partial charge >= 0.3 is 5.97 Å². The largest absolute Gasteiger partial charge is 0.480 e. The maximum Gasteiger partial charge on any atom is 0.326 e. The molecular formula is C9H17NO5S2. The highest BCUT2D eigenvalue weighted by atomic mass is 32.2. The van der Waals surface area contributed by atoms with Crippen molar-refractivity contribution in [1.29, 1.82) is 0 Å². The SMILES string of the molecule is CSCC[C@H](NC(=O)C(C)S(C)(=O)=O)C(=O)O. The summed E-state index contributed by atoms with van der Waals surface area (Å²) >= 11 is 1.46. The van der Waals surface area contributed by atoms with E-state index < -0.39 is 33.0 Å². The van der Waals surface area contributed by atoms with Crippen molar-refractivity contribution in [2.24, 2.45) is 0 Å². The molecule has 0 aromatic rings. The minimum atomic E-state index is -3.50. The van der Waals surface area contributed by atoms with Gasteiger partial charge in [-0.05, 0) is 25.4 Å². The molecule has 8 heteroatoms. The molecule has 1 unspecified atom stereocenters. The molecule has 0 saturated heterocycles. The van der Waals surface area contributed by atoms with Crippen LogP contribution in [-0.4, -0.2) is 55.0 Å². The lowest BCUT2D eigenvalue weighted by Gasteiger charge is -2.16. The molecule has 17 heavy (non-hydrogen) atoms. The van der Waals surface area contributed by atoms with Gasteiger partial charge in [0.05, 0.1) is 0 Å². The summed E-state index contributed by atoms with van der Waals surface area (Å²) in [6.45, 7) is 1.23.